The number of hydrogen-bond acceptors (Lipinski definition) is 3. The summed E-state index contributed by atoms with van der Waals surface area (Å²) in [6.45, 7) is 3.75. The molecule has 2 aromatic rings. The minimum atomic E-state index is -0.545. The molecule has 0 bridgehead atoms. The molecule has 0 aliphatic rings. The first-order chi connectivity index (χ1) is 9.90. The van der Waals surface area contributed by atoms with Crippen LogP contribution in [-0.2, 0) is 6.42 Å². The summed E-state index contributed by atoms with van der Waals surface area (Å²) < 4.78 is 28.6. The molecule has 5 heteroatoms. The van der Waals surface area contributed by atoms with E-state index in [1.54, 1.807) is 23.3 Å². The van der Waals surface area contributed by atoms with Gasteiger partial charge < -0.3 is 10.6 Å². The molecule has 0 aliphatic heterocycles. The predicted octanol–water partition coefficient (Wildman–Crippen LogP) is 4.11. The third kappa shape index (κ3) is 3.60. The van der Waals surface area contributed by atoms with Crippen LogP contribution >= 0.6 is 11.3 Å². The predicted molar refractivity (Wildman–Crippen MR) is 84.8 cm³/mol. The van der Waals surface area contributed by atoms with Crippen molar-refractivity contribution >= 4 is 17.0 Å². The zero-order chi connectivity index (χ0) is 15.6. The van der Waals surface area contributed by atoms with E-state index >= 15 is 0 Å². The minimum absolute atomic E-state index is 0.00400. The van der Waals surface area contributed by atoms with Crippen molar-refractivity contribution in [2.75, 3.05) is 11.9 Å². The highest BCUT2D eigenvalue weighted by molar-refractivity contribution is 7.10. The summed E-state index contributed by atoms with van der Waals surface area (Å²) in [5, 5.41) is 1.96. The van der Waals surface area contributed by atoms with Gasteiger partial charge in [0.1, 0.15) is 17.3 Å². The standard InChI is InChI=1S/C16H20F2N2S/c1-10(19)7-12-8-13(17)16(14(18)9-12)20(3)11(2)15-5-4-6-21-15/h4-6,8-11H,7,19H2,1-3H3. The molecule has 0 amide bonds. The van der Waals surface area contributed by atoms with Gasteiger partial charge in [0, 0.05) is 18.0 Å². The summed E-state index contributed by atoms with van der Waals surface area (Å²) in [5.41, 5.74) is 6.27. The molecule has 2 rings (SSSR count). The van der Waals surface area contributed by atoms with Crippen molar-refractivity contribution < 1.29 is 8.78 Å². The summed E-state index contributed by atoms with van der Waals surface area (Å²) in [4.78, 5) is 2.70. The van der Waals surface area contributed by atoms with Gasteiger partial charge in [-0.2, -0.15) is 0 Å². The summed E-state index contributed by atoms with van der Waals surface area (Å²) in [6, 6.07) is 6.43. The molecule has 2 N–H and O–H groups in total. The number of anilines is 1. The second kappa shape index (κ2) is 6.54. The van der Waals surface area contributed by atoms with Crippen molar-refractivity contribution in [3.05, 3.63) is 51.7 Å². The van der Waals surface area contributed by atoms with Crippen LogP contribution in [0.3, 0.4) is 0 Å². The van der Waals surface area contributed by atoms with Crippen LogP contribution in [0.4, 0.5) is 14.5 Å². The van der Waals surface area contributed by atoms with Crippen molar-refractivity contribution in [3.8, 4) is 0 Å². The maximum Gasteiger partial charge on any atom is 0.149 e. The third-order valence-electron chi connectivity index (χ3n) is 3.52. The Balaban J connectivity index is 2.31. The zero-order valence-corrected chi connectivity index (χ0v) is 13.3. The molecule has 0 saturated carbocycles. The normalized spacial score (nSPS) is 14.0. The molecule has 0 saturated heterocycles. The zero-order valence-electron chi connectivity index (χ0n) is 12.4. The van der Waals surface area contributed by atoms with Crippen LogP contribution in [0.1, 0.15) is 30.3 Å². The Morgan fingerprint density at radius 1 is 1.24 bits per heavy atom. The lowest BCUT2D eigenvalue weighted by Gasteiger charge is -2.27. The lowest BCUT2D eigenvalue weighted by molar-refractivity contribution is 0.561. The van der Waals surface area contributed by atoms with Gasteiger partial charge in [-0.1, -0.05) is 6.07 Å². The van der Waals surface area contributed by atoms with Crippen molar-refractivity contribution in [2.45, 2.75) is 32.4 Å². The lowest BCUT2D eigenvalue weighted by Crippen LogP contribution is -2.24. The second-order valence-corrected chi connectivity index (χ2v) is 6.37. The Bertz CT molecular complexity index is 573. The fourth-order valence-electron chi connectivity index (χ4n) is 2.36. The first kappa shape index (κ1) is 15.9. The Hall–Kier alpha value is -1.46. The van der Waals surface area contributed by atoms with Crippen LogP contribution in [0.2, 0.25) is 0 Å². The minimum Gasteiger partial charge on any atom is -0.362 e. The molecule has 2 unspecified atom stereocenters. The van der Waals surface area contributed by atoms with Crippen LogP contribution < -0.4 is 10.6 Å². The van der Waals surface area contributed by atoms with Gasteiger partial charge in [-0.05, 0) is 49.4 Å². The summed E-state index contributed by atoms with van der Waals surface area (Å²) >= 11 is 1.57. The lowest BCUT2D eigenvalue weighted by atomic mass is 10.1. The number of nitrogens with two attached hydrogens (primary N) is 1. The number of halogens is 2. The fraction of sp³-hybridized carbons (Fsp3) is 0.375. The van der Waals surface area contributed by atoms with Crippen LogP contribution in [0, 0.1) is 11.6 Å². The summed E-state index contributed by atoms with van der Waals surface area (Å²) in [5.74, 6) is -1.09. The fourth-order valence-corrected chi connectivity index (χ4v) is 3.18. The van der Waals surface area contributed by atoms with E-state index in [1.165, 1.54) is 12.1 Å². The highest BCUT2D eigenvalue weighted by Gasteiger charge is 2.21. The first-order valence-corrected chi connectivity index (χ1v) is 7.78. The Kier molecular flexibility index (Phi) is 4.96. The molecule has 1 heterocycles. The SMILES string of the molecule is CC(N)Cc1cc(F)c(N(C)C(C)c2cccs2)c(F)c1. The van der Waals surface area contributed by atoms with E-state index in [4.69, 9.17) is 5.73 Å². The molecule has 1 aromatic heterocycles. The molecule has 0 fully saturated rings. The largest absolute Gasteiger partial charge is 0.362 e. The highest BCUT2D eigenvalue weighted by atomic mass is 32.1. The summed E-state index contributed by atoms with van der Waals surface area (Å²) in [7, 11) is 1.71. The van der Waals surface area contributed by atoms with Gasteiger partial charge in [-0.15, -0.1) is 11.3 Å². The first-order valence-electron chi connectivity index (χ1n) is 6.90. The Morgan fingerprint density at radius 3 is 2.33 bits per heavy atom. The van der Waals surface area contributed by atoms with Gasteiger partial charge in [-0.3, -0.25) is 0 Å². The van der Waals surface area contributed by atoms with Crippen LogP contribution in [-0.4, -0.2) is 13.1 Å². The van der Waals surface area contributed by atoms with E-state index in [2.05, 4.69) is 0 Å². The number of benzene rings is 1. The van der Waals surface area contributed by atoms with Crippen molar-refractivity contribution in [1.29, 1.82) is 0 Å². The molecule has 0 aliphatic carbocycles. The smallest absolute Gasteiger partial charge is 0.149 e. The van der Waals surface area contributed by atoms with Crippen molar-refractivity contribution in [1.82, 2.24) is 0 Å². The maximum atomic E-state index is 14.3. The van der Waals surface area contributed by atoms with Crippen LogP contribution in [0.15, 0.2) is 29.6 Å². The van der Waals surface area contributed by atoms with Crippen LogP contribution in [0.25, 0.3) is 0 Å². The number of rotatable bonds is 5. The topological polar surface area (TPSA) is 29.3 Å². The molecular formula is C16H20F2N2S. The van der Waals surface area contributed by atoms with E-state index in [0.29, 0.717) is 12.0 Å². The quantitative estimate of drug-likeness (QED) is 0.900. The van der Waals surface area contributed by atoms with E-state index in [1.807, 2.05) is 31.4 Å². The molecule has 1 aromatic carbocycles. The van der Waals surface area contributed by atoms with E-state index < -0.39 is 11.6 Å². The van der Waals surface area contributed by atoms with E-state index in [9.17, 15) is 8.78 Å². The summed E-state index contributed by atoms with van der Waals surface area (Å²) in [6.07, 6.45) is 0.457. The molecule has 0 spiro atoms. The molecule has 0 radical (unpaired) electrons. The Morgan fingerprint density at radius 2 is 1.86 bits per heavy atom. The average Bonchev–Trinajstić information content (AvgIpc) is 2.89. The Labute approximate surface area is 128 Å². The van der Waals surface area contributed by atoms with Gasteiger partial charge >= 0.3 is 0 Å². The molecule has 114 valence electrons. The molecular weight excluding hydrogens is 290 g/mol. The number of thiophene rings is 1. The van der Waals surface area contributed by atoms with Crippen molar-refractivity contribution in [3.63, 3.8) is 0 Å². The average molecular weight is 310 g/mol. The van der Waals surface area contributed by atoms with Gasteiger partial charge in [0.25, 0.3) is 0 Å². The monoisotopic (exact) mass is 310 g/mol. The maximum absolute atomic E-state index is 14.3. The number of hydrogen-bond donors (Lipinski definition) is 1. The van der Waals surface area contributed by atoms with E-state index in [-0.39, 0.29) is 17.8 Å². The second-order valence-electron chi connectivity index (χ2n) is 5.39. The van der Waals surface area contributed by atoms with Crippen LogP contribution in [0.5, 0.6) is 0 Å². The van der Waals surface area contributed by atoms with Gasteiger partial charge in [-0.25, -0.2) is 8.78 Å². The van der Waals surface area contributed by atoms with E-state index in [0.717, 1.165) is 4.88 Å². The van der Waals surface area contributed by atoms with Crippen molar-refractivity contribution in [2.24, 2.45) is 5.73 Å². The molecule has 21 heavy (non-hydrogen) atoms. The molecule has 2 nitrogen and oxygen atoms in total. The number of nitrogens with zero attached hydrogens (tertiary/aromatic N) is 1. The highest BCUT2D eigenvalue weighted by Crippen LogP contribution is 2.32. The van der Waals surface area contributed by atoms with Gasteiger partial charge in [0.15, 0.2) is 0 Å². The van der Waals surface area contributed by atoms with Gasteiger partial charge in [0.05, 0.1) is 6.04 Å². The van der Waals surface area contributed by atoms with Gasteiger partial charge in [0.2, 0.25) is 0 Å². The molecule has 2 atom stereocenters. The third-order valence-corrected chi connectivity index (χ3v) is 4.57.